The van der Waals surface area contributed by atoms with Crippen LogP contribution in [0.2, 0.25) is 0 Å². The number of aliphatic hydroxyl groups excluding tert-OH is 1. The number of hydrogen-bond donors (Lipinski definition) is 2. The number of aromatic amines is 1. The Labute approximate surface area is 88.0 Å². The van der Waals surface area contributed by atoms with Gasteiger partial charge in [0, 0.05) is 23.7 Å². The van der Waals surface area contributed by atoms with Crippen molar-refractivity contribution in [3.63, 3.8) is 0 Å². The summed E-state index contributed by atoms with van der Waals surface area (Å²) in [5.41, 5.74) is 2.82. The van der Waals surface area contributed by atoms with Crippen LogP contribution in [0.4, 0.5) is 0 Å². The van der Waals surface area contributed by atoms with E-state index >= 15 is 0 Å². The minimum atomic E-state index is 0.205. The van der Waals surface area contributed by atoms with Gasteiger partial charge >= 0.3 is 0 Å². The Morgan fingerprint density at radius 2 is 2.27 bits per heavy atom. The van der Waals surface area contributed by atoms with Crippen LogP contribution in [0.3, 0.4) is 0 Å². The zero-order valence-corrected chi connectivity index (χ0v) is 8.33. The number of hydrogen-bond acceptors (Lipinski definition) is 2. The van der Waals surface area contributed by atoms with Gasteiger partial charge in [-0.2, -0.15) is 5.26 Å². The first kappa shape index (κ1) is 9.75. The first-order valence-electron chi connectivity index (χ1n) is 4.96. The SMILES string of the molecule is N#Cc1c[nH]c2ccc(CCCO)cc12. The molecule has 0 unspecified atom stereocenters. The lowest BCUT2D eigenvalue weighted by Crippen LogP contribution is -1.89. The van der Waals surface area contributed by atoms with Crippen molar-refractivity contribution >= 4 is 10.9 Å². The van der Waals surface area contributed by atoms with Crippen LogP contribution in [-0.2, 0) is 6.42 Å². The van der Waals surface area contributed by atoms with E-state index < -0.39 is 0 Å². The van der Waals surface area contributed by atoms with Gasteiger partial charge in [0.15, 0.2) is 0 Å². The molecular formula is C12H12N2O. The molecule has 15 heavy (non-hydrogen) atoms. The summed E-state index contributed by atoms with van der Waals surface area (Å²) in [5, 5.41) is 18.6. The van der Waals surface area contributed by atoms with E-state index in [-0.39, 0.29) is 6.61 Å². The van der Waals surface area contributed by atoms with Gasteiger partial charge in [-0.3, -0.25) is 0 Å². The highest BCUT2D eigenvalue weighted by Gasteiger charge is 2.03. The fourth-order valence-electron chi connectivity index (χ4n) is 1.70. The second kappa shape index (κ2) is 4.16. The van der Waals surface area contributed by atoms with E-state index in [1.54, 1.807) is 6.20 Å². The number of aliphatic hydroxyl groups is 1. The molecule has 0 fully saturated rings. The van der Waals surface area contributed by atoms with Crippen molar-refractivity contribution in [3.8, 4) is 6.07 Å². The highest BCUT2D eigenvalue weighted by Crippen LogP contribution is 2.19. The monoisotopic (exact) mass is 200 g/mol. The summed E-state index contributed by atoms with van der Waals surface area (Å²) in [6.45, 7) is 0.205. The number of aryl methyl sites for hydroxylation is 1. The highest BCUT2D eigenvalue weighted by atomic mass is 16.2. The topological polar surface area (TPSA) is 59.8 Å². The van der Waals surface area contributed by atoms with Crippen LogP contribution < -0.4 is 0 Å². The third kappa shape index (κ3) is 1.85. The molecule has 3 nitrogen and oxygen atoms in total. The largest absolute Gasteiger partial charge is 0.396 e. The predicted octanol–water partition coefficient (Wildman–Crippen LogP) is 1.96. The van der Waals surface area contributed by atoms with Crippen molar-refractivity contribution < 1.29 is 5.11 Å². The molecule has 0 amide bonds. The fraction of sp³-hybridized carbons (Fsp3) is 0.250. The zero-order valence-electron chi connectivity index (χ0n) is 8.33. The molecule has 76 valence electrons. The zero-order chi connectivity index (χ0) is 10.7. The van der Waals surface area contributed by atoms with Crippen molar-refractivity contribution in [2.45, 2.75) is 12.8 Å². The second-order valence-corrected chi connectivity index (χ2v) is 3.52. The van der Waals surface area contributed by atoms with Crippen molar-refractivity contribution in [2.24, 2.45) is 0 Å². The number of fused-ring (bicyclic) bond motifs is 1. The summed E-state index contributed by atoms with van der Waals surface area (Å²) in [7, 11) is 0. The first-order chi connectivity index (χ1) is 7.35. The summed E-state index contributed by atoms with van der Waals surface area (Å²) in [5.74, 6) is 0. The van der Waals surface area contributed by atoms with Crippen LogP contribution >= 0.6 is 0 Å². The van der Waals surface area contributed by atoms with E-state index in [9.17, 15) is 0 Å². The summed E-state index contributed by atoms with van der Waals surface area (Å²) in [6, 6.07) is 8.17. The summed E-state index contributed by atoms with van der Waals surface area (Å²) in [6.07, 6.45) is 3.33. The normalized spacial score (nSPS) is 10.4. The molecule has 3 heteroatoms. The number of aromatic nitrogens is 1. The Bertz CT molecular complexity index is 508. The summed E-state index contributed by atoms with van der Waals surface area (Å²) < 4.78 is 0. The Hall–Kier alpha value is -1.79. The summed E-state index contributed by atoms with van der Waals surface area (Å²) >= 11 is 0. The quantitative estimate of drug-likeness (QED) is 0.795. The number of nitrogens with one attached hydrogen (secondary N) is 1. The Morgan fingerprint density at radius 1 is 1.40 bits per heavy atom. The van der Waals surface area contributed by atoms with Crippen LogP contribution in [0, 0.1) is 11.3 Å². The maximum atomic E-state index is 8.88. The van der Waals surface area contributed by atoms with E-state index in [2.05, 4.69) is 11.1 Å². The molecular weight excluding hydrogens is 188 g/mol. The highest BCUT2D eigenvalue weighted by molar-refractivity contribution is 5.86. The smallest absolute Gasteiger partial charge is 0.101 e. The van der Waals surface area contributed by atoms with Crippen LogP contribution in [0.1, 0.15) is 17.5 Å². The third-order valence-electron chi connectivity index (χ3n) is 2.49. The average Bonchev–Trinajstić information content (AvgIpc) is 2.68. The molecule has 0 atom stereocenters. The molecule has 0 spiro atoms. The van der Waals surface area contributed by atoms with Gasteiger partial charge < -0.3 is 10.1 Å². The van der Waals surface area contributed by atoms with Gasteiger partial charge in [0.2, 0.25) is 0 Å². The van der Waals surface area contributed by atoms with Gasteiger partial charge in [0.25, 0.3) is 0 Å². The van der Waals surface area contributed by atoms with Crippen LogP contribution in [0.15, 0.2) is 24.4 Å². The second-order valence-electron chi connectivity index (χ2n) is 3.52. The molecule has 2 rings (SSSR count). The predicted molar refractivity (Wildman–Crippen MR) is 58.4 cm³/mol. The molecule has 0 bridgehead atoms. The lowest BCUT2D eigenvalue weighted by molar-refractivity contribution is 0.288. The van der Waals surface area contributed by atoms with Gasteiger partial charge in [-0.1, -0.05) is 6.07 Å². The number of nitriles is 1. The van der Waals surface area contributed by atoms with Crippen LogP contribution in [-0.4, -0.2) is 16.7 Å². The maximum absolute atomic E-state index is 8.88. The lowest BCUT2D eigenvalue weighted by Gasteiger charge is -1.99. The molecule has 0 saturated heterocycles. The van der Waals surface area contributed by atoms with Crippen molar-refractivity contribution in [1.29, 1.82) is 5.26 Å². The van der Waals surface area contributed by atoms with Crippen molar-refractivity contribution in [2.75, 3.05) is 6.61 Å². The Kier molecular flexibility index (Phi) is 2.70. The molecule has 0 radical (unpaired) electrons. The molecule has 0 saturated carbocycles. The number of benzene rings is 1. The molecule has 1 aromatic carbocycles. The standard InChI is InChI=1S/C12H12N2O/c13-7-10-8-14-12-4-3-9(2-1-5-15)6-11(10)12/h3-4,6,8,14-15H,1-2,5H2. The number of H-pyrrole nitrogens is 1. The van der Waals surface area contributed by atoms with E-state index in [4.69, 9.17) is 10.4 Å². The molecule has 1 aromatic heterocycles. The lowest BCUT2D eigenvalue weighted by atomic mass is 10.1. The first-order valence-corrected chi connectivity index (χ1v) is 4.96. The van der Waals surface area contributed by atoms with Crippen LogP contribution in [0.25, 0.3) is 10.9 Å². The van der Waals surface area contributed by atoms with E-state index in [1.165, 1.54) is 0 Å². The van der Waals surface area contributed by atoms with Crippen molar-refractivity contribution in [1.82, 2.24) is 4.98 Å². The maximum Gasteiger partial charge on any atom is 0.101 e. The Balaban J connectivity index is 2.40. The minimum absolute atomic E-state index is 0.205. The molecule has 2 N–H and O–H groups in total. The van der Waals surface area contributed by atoms with Gasteiger partial charge in [-0.05, 0) is 30.5 Å². The molecule has 2 aromatic rings. The Morgan fingerprint density at radius 3 is 3.00 bits per heavy atom. The van der Waals surface area contributed by atoms with E-state index in [0.717, 1.165) is 29.3 Å². The fourth-order valence-corrected chi connectivity index (χ4v) is 1.70. The summed E-state index contributed by atoms with van der Waals surface area (Å²) in [4.78, 5) is 3.05. The van der Waals surface area contributed by atoms with E-state index in [1.807, 2.05) is 18.2 Å². The van der Waals surface area contributed by atoms with Crippen molar-refractivity contribution in [3.05, 3.63) is 35.5 Å². The number of nitrogens with zero attached hydrogens (tertiary/aromatic N) is 1. The van der Waals surface area contributed by atoms with Gasteiger partial charge in [-0.25, -0.2) is 0 Å². The molecule has 0 aliphatic rings. The number of rotatable bonds is 3. The molecule has 0 aliphatic heterocycles. The van der Waals surface area contributed by atoms with Gasteiger partial charge in [-0.15, -0.1) is 0 Å². The van der Waals surface area contributed by atoms with Crippen LogP contribution in [0.5, 0.6) is 0 Å². The molecule has 1 heterocycles. The molecule has 0 aliphatic carbocycles. The van der Waals surface area contributed by atoms with E-state index in [0.29, 0.717) is 5.56 Å². The average molecular weight is 200 g/mol. The van der Waals surface area contributed by atoms with Gasteiger partial charge in [0.05, 0.1) is 5.56 Å². The third-order valence-corrected chi connectivity index (χ3v) is 2.49. The van der Waals surface area contributed by atoms with Gasteiger partial charge in [0.1, 0.15) is 6.07 Å². The minimum Gasteiger partial charge on any atom is -0.396 e.